The van der Waals surface area contributed by atoms with Gasteiger partial charge in [-0.2, -0.15) is 0 Å². The minimum Gasteiger partial charge on any atom is -0.412 e. The number of aryl methyl sites for hydroxylation is 2. The van der Waals surface area contributed by atoms with Gasteiger partial charge in [0.2, 0.25) is 16.6 Å². The van der Waals surface area contributed by atoms with Crippen LogP contribution in [0.25, 0.3) is 0 Å². The summed E-state index contributed by atoms with van der Waals surface area (Å²) in [6.45, 7) is 24.5. The minimum absolute atomic E-state index is 0.0340. The molecule has 33 heavy (non-hydrogen) atoms. The smallest absolute Gasteiger partial charge is 0.218 e. The highest BCUT2D eigenvalue weighted by molar-refractivity contribution is 6.84. The molecule has 0 bridgehead atoms. The second kappa shape index (κ2) is 11.5. The summed E-state index contributed by atoms with van der Waals surface area (Å²) in [6.07, 6.45) is 2.25. The Morgan fingerprint density at radius 2 is 0.909 bits per heavy atom. The zero-order chi connectivity index (χ0) is 24.9. The summed E-state index contributed by atoms with van der Waals surface area (Å²) in [5.41, 5.74) is 2.63. The molecule has 0 heterocycles. The Morgan fingerprint density at radius 1 is 0.606 bits per heavy atom. The molecule has 2 aromatic rings. The van der Waals surface area contributed by atoms with Crippen LogP contribution in [0.4, 0.5) is 0 Å². The largest absolute Gasteiger partial charge is 0.412 e. The molecule has 2 aromatic carbocycles. The van der Waals surface area contributed by atoms with Crippen LogP contribution in [-0.2, 0) is 8.85 Å². The van der Waals surface area contributed by atoms with Gasteiger partial charge in [0.1, 0.15) is 0 Å². The molecule has 4 heteroatoms. The molecule has 0 aliphatic rings. The van der Waals surface area contributed by atoms with E-state index in [2.05, 4.69) is 116 Å². The molecular formula is C29H48O2Si2. The van der Waals surface area contributed by atoms with Crippen molar-refractivity contribution in [2.75, 3.05) is 13.2 Å². The third-order valence-corrected chi connectivity index (χ3v) is 11.8. The van der Waals surface area contributed by atoms with Gasteiger partial charge in [-0.05, 0) is 75.1 Å². The highest BCUT2D eigenvalue weighted by atomic mass is 28.4. The van der Waals surface area contributed by atoms with Crippen LogP contribution in [0.2, 0.25) is 26.2 Å². The van der Waals surface area contributed by atoms with Gasteiger partial charge in [0, 0.05) is 18.6 Å². The van der Waals surface area contributed by atoms with Gasteiger partial charge < -0.3 is 8.85 Å². The average Bonchev–Trinajstić information content (AvgIpc) is 2.71. The standard InChI is InChI=1S/C29H48O2Si2/c1-23(2)19-29(20-24(3)4,21-30-32(7,8)27-15-11-25(5)12-16-27)22-31-33(9,10)28-17-13-26(6)14-18-28/h11-18,23-24H,19-22H2,1-10H3. The van der Waals surface area contributed by atoms with Gasteiger partial charge in [-0.1, -0.05) is 87.4 Å². The molecule has 0 saturated heterocycles. The summed E-state index contributed by atoms with van der Waals surface area (Å²) >= 11 is 0. The lowest BCUT2D eigenvalue weighted by atomic mass is 9.75. The highest BCUT2D eigenvalue weighted by Gasteiger charge is 2.38. The fraction of sp³-hybridized carbons (Fsp3) is 0.586. The summed E-state index contributed by atoms with van der Waals surface area (Å²) in [6, 6.07) is 17.9. The molecule has 0 fully saturated rings. The summed E-state index contributed by atoms with van der Waals surface area (Å²) < 4.78 is 13.8. The SMILES string of the molecule is Cc1ccc([Si](C)(C)OCC(CO[Si](C)(C)c2ccc(C)cc2)(CC(C)C)CC(C)C)cc1. The van der Waals surface area contributed by atoms with Crippen LogP contribution in [0.3, 0.4) is 0 Å². The molecule has 2 rings (SSSR count). The molecule has 184 valence electrons. The maximum Gasteiger partial charge on any atom is 0.218 e. The Morgan fingerprint density at radius 3 is 1.18 bits per heavy atom. The van der Waals surface area contributed by atoms with Crippen molar-refractivity contribution in [3.05, 3.63) is 59.7 Å². The van der Waals surface area contributed by atoms with Crippen molar-refractivity contribution in [2.24, 2.45) is 17.3 Å². The van der Waals surface area contributed by atoms with E-state index in [-0.39, 0.29) is 5.41 Å². The number of hydrogen-bond acceptors (Lipinski definition) is 2. The highest BCUT2D eigenvalue weighted by Crippen LogP contribution is 2.36. The molecule has 0 spiro atoms. The molecule has 0 radical (unpaired) electrons. The molecule has 0 atom stereocenters. The summed E-state index contributed by atoms with van der Waals surface area (Å²) in [5.74, 6) is 1.20. The van der Waals surface area contributed by atoms with Crippen LogP contribution in [0.1, 0.15) is 51.7 Å². The molecule has 0 amide bonds. The van der Waals surface area contributed by atoms with Crippen LogP contribution < -0.4 is 10.4 Å². The molecular weight excluding hydrogens is 436 g/mol. The lowest BCUT2D eigenvalue weighted by molar-refractivity contribution is 0.0353. The van der Waals surface area contributed by atoms with E-state index in [0.717, 1.165) is 26.1 Å². The molecule has 0 N–H and O–H groups in total. The predicted molar refractivity (Wildman–Crippen MR) is 150 cm³/mol. The summed E-state index contributed by atoms with van der Waals surface area (Å²) in [4.78, 5) is 0. The minimum atomic E-state index is -2.00. The van der Waals surface area contributed by atoms with Crippen molar-refractivity contribution in [3.8, 4) is 0 Å². The molecule has 2 nitrogen and oxygen atoms in total. The second-order valence-electron chi connectivity index (χ2n) is 12.0. The Balaban J connectivity index is 2.26. The molecule has 0 aromatic heterocycles. The third kappa shape index (κ3) is 8.50. The van der Waals surface area contributed by atoms with E-state index in [1.165, 1.54) is 21.5 Å². The predicted octanol–water partition coefficient (Wildman–Crippen LogP) is 6.94. The van der Waals surface area contributed by atoms with E-state index < -0.39 is 16.6 Å². The normalized spacial score (nSPS) is 13.2. The number of hydrogen-bond donors (Lipinski definition) is 0. The molecule has 0 aliphatic carbocycles. The van der Waals surface area contributed by atoms with E-state index in [9.17, 15) is 0 Å². The van der Waals surface area contributed by atoms with Crippen molar-refractivity contribution in [3.63, 3.8) is 0 Å². The first kappa shape index (κ1) is 28.0. The maximum atomic E-state index is 6.88. The molecule has 0 unspecified atom stereocenters. The lowest BCUT2D eigenvalue weighted by Gasteiger charge is -2.41. The molecule has 0 saturated carbocycles. The van der Waals surface area contributed by atoms with Crippen LogP contribution in [0.5, 0.6) is 0 Å². The fourth-order valence-corrected chi connectivity index (χ4v) is 8.44. The van der Waals surface area contributed by atoms with Crippen molar-refractivity contribution >= 4 is 27.0 Å². The topological polar surface area (TPSA) is 18.5 Å². The Kier molecular flexibility index (Phi) is 9.75. The van der Waals surface area contributed by atoms with E-state index >= 15 is 0 Å². The van der Waals surface area contributed by atoms with Crippen LogP contribution in [-0.4, -0.2) is 29.8 Å². The number of benzene rings is 2. The lowest BCUT2D eigenvalue weighted by Crippen LogP contribution is -2.51. The first-order chi connectivity index (χ1) is 15.2. The monoisotopic (exact) mass is 484 g/mol. The third-order valence-electron chi connectivity index (χ3n) is 6.65. The Bertz CT molecular complexity index is 779. The van der Waals surface area contributed by atoms with Gasteiger partial charge in [-0.3, -0.25) is 0 Å². The van der Waals surface area contributed by atoms with E-state index in [1.807, 2.05) is 0 Å². The van der Waals surface area contributed by atoms with E-state index in [4.69, 9.17) is 8.85 Å². The summed E-state index contributed by atoms with van der Waals surface area (Å²) in [7, 11) is -4.01. The quantitative estimate of drug-likeness (QED) is 0.304. The van der Waals surface area contributed by atoms with Crippen molar-refractivity contribution in [1.29, 1.82) is 0 Å². The first-order valence-electron chi connectivity index (χ1n) is 12.7. The van der Waals surface area contributed by atoms with Gasteiger partial charge in [0.15, 0.2) is 0 Å². The van der Waals surface area contributed by atoms with E-state index in [0.29, 0.717) is 11.8 Å². The van der Waals surface area contributed by atoms with Crippen molar-refractivity contribution in [1.82, 2.24) is 0 Å². The summed E-state index contributed by atoms with van der Waals surface area (Å²) in [5, 5.41) is 2.73. The van der Waals surface area contributed by atoms with Gasteiger partial charge in [0.05, 0.1) is 0 Å². The Hall–Kier alpha value is -1.21. The second-order valence-corrected chi connectivity index (χ2v) is 19.8. The van der Waals surface area contributed by atoms with Gasteiger partial charge in [-0.15, -0.1) is 0 Å². The Labute approximate surface area is 206 Å². The zero-order valence-electron chi connectivity index (χ0n) is 22.9. The van der Waals surface area contributed by atoms with Crippen molar-refractivity contribution in [2.45, 2.75) is 80.6 Å². The maximum absolute atomic E-state index is 6.88. The molecule has 0 aliphatic heterocycles. The fourth-order valence-electron chi connectivity index (χ4n) is 4.84. The van der Waals surface area contributed by atoms with Gasteiger partial charge >= 0.3 is 0 Å². The van der Waals surface area contributed by atoms with Crippen LogP contribution in [0.15, 0.2) is 48.5 Å². The average molecular weight is 485 g/mol. The van der Waals surface area contributed by atoms with Gasteiger partial charge in [0.25, 0.3) is 0 Å². The zero-order valence-corrected chi connectivity index (χ0v) is 24.9. The van der Waals surface area contributed by atoms with E-state index in [1.54, 1.807) is 0 Å². The van der Waals surface area contributed by atoms with Crippen LogP contribution in [0, 0.1) is 31.1 Å². The number of rotatable bonds is 12. The van der Waals surface area contributed by atoms with Crippen LogP contribution >= 0.6 is 0 Å². The first-order valence-corrected chi connectivity index (χ1v) is 18.5. The van der Waals surface area contributed by atoms with Crippen molar-refractivity contribution < 1.29 is 8.85 Å². The van der Waals surface area contributed by atoms with Gasteiger partial charge in [-0.25, -0.2) is 0 Å².